The van der Waals surface area contributed by atoms with Gasteiger partial charge in [0, 0.05) is 19.1 Å². The molecule has 1 saturated heterocycles. The van der Waals surface area contributed by atoms with Gasteiger partial charge < -0.3 is 10.4 Å². The second-order valence-electron chi connectivity index (χ2n) is 4.73. The number of likely N-dealkylation sites (N-methyl/N-ethyl adjacent to an activating group) is 1. The lowest BCUT2D eigenvalue weighted by Crippen LogP contribution is -2.45. The first-order valence-electron chi connectivity index (χ1n) is 6.52. The summed E-state index contributed by atoms with van der Waals surface area (Å²) in [5.41, 5.74) is 1.19. The van der Waals surface area contributed by atoms with Crippen LogP contribution in [0.1, 0.15) is 25.3 Å². The van der Waals surface area contributed by atoms with Crippen molar-refractivity contribution >= 4 is 0 Å². The minimum atomic E-state index is 0.361. The molecule has 0 spiro atoms. The number of hydrogen-bond acceptors (Lipinski definition) is 3. The molecule has 0 amide bonds. The number of phenols is 1. The van der Waals surface area contributed by atoms with Crippen LogP contribution in [0.15, 0.2) is 24.3 Å². The van der Waals surface area contributed by atoms with Gasteiger partial charge in [0.15, 0.2) is 0 Å². The van der Waals surface area contributed by atoms with Crippen LogP contribution in [0.25, 0.3) is 0 Å². The third-order valence-electron chi connectivity index (χ3n) is 3.49. The van der Waals surface area contributed by atoms with E-state index in [-0.39, 0.29) is 0 Å². The van der Waals surface area contributed by atoms with Crippen LogP contribution in [-0.2, 0) is 6.54 Å². The molecule has 1 aliphatic rings. The molecule has 1 heterocycles. The number of aromatic hydroxyl groups is 1. The van der Waals surface area contributed by atoms with Crippen molar-refractivity contribution < 1.29 is 5.11 Å². The van der Waals surface area contributed by atoms with Gasteiger partial charge in [0.25, 0.3) is 0 Å². The molecule has 2 N–H and O–H groups in total. The highest BCUT2D eigenvalue weighted by Crippen LogP contribution is 2.17. The lowest BCUT2D eigenvalue weighted by atomic mass is 10.0. The maximum atomic E-state index is 9.48. The largest absolute Gasteiger partial charge is 0.508 e. The van der Waals surface area contributed by atoms with Gasteiger partial charge in [0.1, 0.15) is 5.75 Å². The zero-order valence-electron chi connectivity index (χ0n) is 10.5. The van der Waals surface area contributed by atoms with Crippen LogP contribution in [0.5, 0.6) is 5.75 Å². The molecule has 1 atom stereocenters. The predicted molar refractivity (Wildman–Crippen MR) is 70.1 cm³/mol. The summed E-state index contributed by atoms with van der Waals surface area (Å²) in [5, 5.41) is 12.9. The van der Waals surface area contributed by atoms with Gasteiger partial charge in [0.2, 0.25) is 0 Å². The summed E-state index contributed by atoms with van der Waals surface area (Å²) in [6.45, 7) is 6.43. The zero-order chi connectivity index (χ0) is 12.1. The lowest BCUT2D eigenvalue weighted by molar-refractivity contribution is 0.166. The summed E-state index contributed by atoms with van der Waals surface area (Å²) in [5.74, 6) is 0.361. The Morgan fingerprint density at radius 2 is 2.35 bits per heavy atom. The fraction of sp³-hybridized carbons (Fsp3) is 0.571. The summed E-state index contributed by atoms with van der Waals surface area (Å²) in [4.78, 5) is 2.49. The Labute approximate surface area is 103 Å². The molecule has 0 aliphatic carbocycles. The molecule has 0 radical (unpaired) electrons. The van der Waals surface area contributed by atoms with Crippen molar-refractivity contribution in [1.29, 1.82) is 0 Å². The van der Waals surface area contributed by atoms with E-state index in [1.807, 2.05) is 12.1 Å². The monoisotopic (exact) mass is 234 g/mol. The van der Waals surface area contributed by atoms with E-state index in [1.165, 1.54) is 18.4 Å². The molecule has 1 aromatic carbocycles. The average Bonchev–Trinajstić information content (AvgIpc) is 2.37. The Morgan fingerprint density at radius 3 is 3.00 bits per heavy atom. The van der Waals surface area contributed by atoms with Crippen LogP contribution < -0.4 is 5.32 Å². The second-order valence-corrected chi connectivity index (χ2v) is 4.73. The standard InChI is InChI=1S/C14H22N2O/c1-2-16(13-6-4-8-15-10-13)11-12-5-3-7-14(17)9-12/h3,5,7,9,13,15,17H,2,4,6,8,10-11H2,1H3. The molecule has 0 aromatic heterocycles. The molecule has 17 heavy (non-hydrogen) atoms. The fourth-order valence-electron chi connectivity index (χ4n) is 2.53. The van der Waals surface area contributed by atoms with Crippen LogP contribution in [0, 0.1) is 0 Å². The van der Waals surface area contributed by atoms with Crippen molar-refractivity contribution in [3.63, 3.8) is 0 Å². The average molecular weight is 234 g/mol. The Kier molecular flexibility index (Phi) is 4.40. The van der Waals surface area contributed by atoms with E-state index < -0.39 is 0 Å². The molecule has 1 aliphatic heterocycles. The van der Waals surface area contributed by atoms with Crippen molar-refractivity contribution in [2.75, 3.05) is 19.6 Å². The molecule has 1 fully saturated rings. The normalized spacial score (nSPS) is 20.7. The Hall–Kier alpha value is -1.06. The van der Waals surface area contributed by atoms with Crippen LogP contribution in [0.3, 0.4) is 0 Å². The van der Waals surface area contributed by atoms with Crippen LogP contribution in [-0.4, -0.2) is 35.7 Å². The molecular formula is C14H22N2O. The Bertz CT molecular complexity index is 348. The number of benzene rings is 1. The van der Waals surface area contributed by atoms with Gasteiger partial charge in [-0.25, -0.2) is 0 Å². The fourth-order valence-corrected chi connectivity index (χ4v) is 2.53. The summed E-state index contributed by atoms with van der Waals surface area (Å²) in [7, 11) is 0. The molecule has 1 aromatic rings. The van der Waals surface area contributed by atoms with E-state index in [4.69, 9.17) is 0 Å². The predicted octanol–water partition coefficient (Wildman–Crippen LogP) is 1.97. The zero-order valence-corrected chi connectivity index (χ0v) is 10.5. The topological polar surface area (TPSA) is 35.5 Å². The highest BCUT2D eigenvalue weighted by atomic mass is 16.3. The Balaban J connectivity index is 1.98. The Morgan fingerprint density at radius 1 is 1.47 bits per heavy atom. The van der Waals surface area contributed by atoms with Gasteiger partial charge >= 0.3 is 0 Å². The van der Waals surface area contributed by atoms with Gasteiger partial charge in [-0.05, 0) is 43.6 Å². The molecule has 1 unspecified atom stereocenters. The molecular weight excluding hydrogens is 212 g/mol. The number of phenolic OH excluding ortho intramolecular Hbond substituents is 1. The van der Waals surface area contributed by atoms with Crippen molar-refractivity contribution in [3.05, 3.63) is 29.8 Å². The second kappa shape index (κ2) is 6.03. The van der Waals surface area contributed by atoms with E-state index in [9.17, 15) is 5.11 Å². The summed E-state index contributed by atoms with van der Waals surface area (Å²) < 4.78 is 0. The minimum Gasteiger partial charge on any atom is -0.508 e. The van der Waals surface area contributed by atoms with Crippen LogP contribution in [0.2, 0.25) is 0 Å². The molecule has 0 bridgehead atoms. The molecule has 2 rings (SSSR count). The third kappa shape index (κ3) is 3.45. The first-order valence-corrected chi connectivity index (χ1v) is 6.52. The minimum absolute atomic E-state index is 0.361. The lowest BCUT2D eigenvalue weighted by Gasteiger charge is -2.34. The van der Waals surface area contributed by atoms with Crippen LogP contribution in [0.4, 0.5) is 0 Å². The number of hydrogen-bond donors (Lipinski definition) is 2. The maximum absolute atomic E-state index is 9.48. The molecule has 3 nitrogen and oxygen atoms in total. The van der Waals surface area contributed by atoms with Crippen LogP contribution >= 0.6 is 0 Å². The van der Waals surface area contributed by atoms with E-state index in [0.717, 1.165) is 26.2 Å². The van der Waals surface area contributed by atoms with Gasteiger partial charge in [0.05, 0.1) is 0 Å². The highest BCUT2D eigenvalue weighted by molar-refractivity contribution is 5.27. The summed E-state index contributed by atoms with van der Waals surface area (Å²) in [6.07, 6.45) is 2.54. The summed E-state index contributed by atoms with van der Waals surface area (Å²) in [6, 6.07) is 8.22. The first kappa shape index (κ1) is 12.4. The first-order chi connectivity index (χ1) is 8.29. The quantitative estimate of drug-likeness (QED) is 0.836. The van der Waals surface area contributed by atoms with Crippen molar-refractivity contribution in [2.24, 2.45) is 0 Å². The highest BCUT2D eigenvalue weighted by Gasteiger charge is 2.19. The van der Waals surface area contributed by atoms with Crippen molar-refractivity contribution in [3.8, 4) is 5.75 Å². The number of piperidine rings is 1. The summed E-state index contributed by atoms with van der Waals surface area (Å²) >= 11 is 0. The third-order valence-corrected chi connectivity index (χ3v) is 3.49. The van der Waals surface area contributed by atoms with Crippen molar-refractivity contribution in [2.45, 2.75) is 32.4 Å². The van der Waals surface area contributed by atoms with Gasteiger partial charge in [-0.2, -0.15) is 0 Å². The van der Waals surface area contributed by atoms with Gasteiger partial charge in [-0.3, -0.25) is 4.90 Å². The SMILES string of the molecule is CCN(Cc1cccc(O)c1)C1CCCNC1. The van der Waals surface area contributed by atoms with E-state index in [0.29, 0.717) is 11.8 Å². The van der Waals surface area contributed by atoms with Crippen molar-refractivity contribution in [1.82, 2.24) is 10.2 Å². The van der Waals surface area contributed by atoms with Gasteiger partial charge in [-0.15, -0.1) is 0 Å². The molecule has 3 heteroatoms. The molecule has 94 valence electrons. The smallest absolute Gasteiger partial charge is 0.115 e. The molecule has 0 saturated carbocycles. The maximum Gasteiger partial charge on any atom is 0.115 e. The number of nitrogens with zero attached hydrogens (tertiary/aromatic N) is 1. The van der Waals surface area contributed by atoms with E-state index in [1.54, 1.807) is 6.07 Å². The number of nitrogens with one attached hydrogen (secondary N) is 1. The van der Waals surface area contributed by atoms with E-state index >= 15 is 0 Å². The number of rotatable bonds is 4. The van der Waals surface area contributed by atoms with E-state index in [2.05, 4.69) is 23.2 Å². The van der Waals surface area contributed by atoms with Gasteiger partial charge in [-0.1, -0.05) is 19.1 Å².